The van der Waals surface area contributed by atoms with E-state index in [-0.39, 0.29) is 11.9 Å². The second-order valence-corrected chi connectivity index (χ2v) is 2.43. The number of hydrogen-bond donors (Lipinski definition) is 0. The van der Waals surface area contributed by atoms with Gasteiger partial charge in [0.25, 0.3) is 0 Å². The van der Waals surface area contributed by atoms with Gasteiger partial charge in [-0.15, -0.1) is 0 Å². The third kappa shape index (κ3) is 2.02. The van der Waals surface area contributed by atoms with E-state index in [1.165, 1.54) is 12.1 Å². The lowest BCUT2D eigenvalue weighted by Crippen LogP contribution is -1.95. The van der Waals surface area contributed by atoms with Crippen LogP contribution in [0.2, 0.25) is 0 Å². The van der Waals surface area contributed by atoms with Crippen molar-refractivity contribution >= 4 is 0 Å². The Hall–Kier alpha value is -0.890. The van der Waals surface area contributed by atoms with Crippen LogP contribution in [-0.2, 0) is 4.74 Å². The Morgan fingerprint density at radius 1 is 1.45 bits per heavy atom. The third-order valence-corrected chi connectivity index (χ3v) is 1.67. The number of rotatable bonds is 2. The first-order chi connectivity index (χ1) is 5.24. The van der Waals surface area contributed by atoms with Crippen molar-refractivity contribution in [3.63, 3.8) is 0 Å². The first-order valence-corrected chi connectivity index (χ1v) is 3.52. The molecule has 1 nitrogen and oxygen atoms in total. The second-order valence-electron chi connectivity index (χ2n) is 2.43. The van der Waals surface area contributed by atoms with E-state index in [1.807, 2.05) is 13.0 Å². The molecule has 60 valence electrons. The first kappa shape index (κ1) is 8.21. The quantitative estimate of drug-likeness (QED) is 0.636. The lowest BCUT2D eigenvalue weighted by atomic mass is 10.1. The highest BCUT2D eigenvalue weighted by atomic mass is 19.1. The Morgan fingerprint density at radius 2 is 2.18 bits per heavy atom. The molecule has 0 saturated carbocycles. The normalized spacial score (nSPS) is 13.0. The molecular weight excluding hydrogens is 143 g/mol. The number of halogens is 1. The number of methoxy groups -OCH3 is 1. The van der Waals surface area contributed by atoms with Crippen LogP contribution in [0.25, 0.3) is 0 Å². The van der Waals surface area contributed by atoms with E-state index >= 15 is 0 Å². The second kappa shape index (κ2) is 3.49. The van der Waals surface area contributed by atoms with Gasteiger partial charge in [-0.05, 0) is 24.6 Å². The summed E-state index contributed by atoms with van der Waals surface area (Å²) in [4.78, 5) is 0. The molecule has 0 saturated heterocycles. The number of benzene rings is 1. The molecular formula is C9H11FO. The lowest BCUT2D eigenvalue weighted by molar-refractivity contribution is 0.119. The van der Waals surface area contributed by atoms with Crippen molar-refractivity contribution in [3.05, 3.63) is 35.6 Å². The van der Waals surface area contributed by atoms with Crippen LogP contribution in [0.1, 0.15) is 18.6 Å². The lowest BCUT2D eigenvalue weighted by Gasteiger charge is -2.08. The molecule has 0 N–H and O–H groups in total. The van der Waals surface area contributed by atoms with Gasteiger partial charge in [-0.2, -0.15) is 0 Å². The SMILES string of the molecule is CO[C@H](C)c1cccc(F)c1. The fraction of sp³-hybridized carbons (Fsp3) is 0.333. The fourth-order valence-corrected chi connectivity index (χ4v) is 0.896. The third-order valence-electron chi connectivity index (χ3n) is 1.67. The molecule has 2 heteroatoms. The Balaban J connectivity index is 2.86. The van der Waals surface area contributed by atoms with Gasteiger partial charge >= 0.3 is 0 Å². The molecule has 0 amide bonds. The van der Waals surface area contributed by atoms with Crippen LogP contribution < -0.4 is 0 Å². The molecule has 1 rings (SSSR count). The molecule has 0 radical (unpaired) electrons. The molecule has 0 unspecified atom stereocenters. The molecule has 0 aliphatic heterocycles. The summed E-state index contributed by atoms with van der Waals surface area (Å²) < 4.78 is 17.6. The molecule has 0 aliphatic rings. The van der Waals surface area contributed by atoms with Crippen LogP contribution in [0, 0.1) is 5.82 Å². The molecule has 0 fully saturated rings. The van der Waals surface area contributed by atoms with Crippen molar-refractivity contribution < 1.29 is 9.13 Å². The molecule has 1 atom stereocenters. The highest BCUT2D eigenvalue weighted by Crippen LogP contribution is 2.15. The minimum absolute atomic E-state index is 0.0364. The van der Waals surface area contributed by atoms with Crippen LogP contribution in [0.5, 0.6) is 0 Å². The van der Waals surface area contributed by atoms with Gasteiger partial charge in [0.2, 0.25) is 0 Å². The average Bonchev–Trinajstić information content (AvgIpc) is 2.03. The Labute approximate surface area is 65.8 Å². The van der Waals surface area contributed by atoms with Crippen molar-refractivity contribution in [1.29, 1.82) is 0 Å². The van der Waals surface area contributed by atoms with E-state index in [9.17, 15) is 4.39 Å². The van der Waals surface area contributed by atoms with Gasteiger partial charge < -0.3 is 4.74 Å². The summed E-state index contributed by atoms with van der Waals surface area (Å²) in [6.07, 6.45) is -0.0364. The Kier molecular flexibility index (Phi) is 2.60. The predicted octanol–water partition coefficient (Wildman–Crippen LogP) is 2.53. The summed E-state index contributed by atoms with van der Waals surface area (Å²) in [6, 6.07) is 6.43. The van der Waals surface area contributed by atoms with Gasteiger partial charge in [-0.1, -0.05) is 12.1 Å². The molecule has 11 heavy (non-hydrogen) atoms. The van der Waals surface area contributed by atoms with Crippen molar-refractivity contribution in [2.45, 2.75) is 13.0 Å². The smallest absolute Gasteiger partial charge is 0.123 e. The first-order valence-electron chi connectivity index (χ1n) is 3.52. The van der Waals surface area contributed by atoms with Gasteiger partial charge in [-0.3, -0.25) is 0 Å². The van der Waals surface area contributed by atoms with Crippen LogP contribution in [0.15, 0.2) is 24.3 Å². The molecule has 0 aliphatic carbocycles. The fourth-order valence-electron chi connectivity index (χ4n) is 0.896. The molecule has 0 aromatic heterocycles. The molecule has 0 bridgehead atoms. The van der Waals surface area contributed by atoms with Gasteiger partial charge in [-0.25, -0.2) is 4.39 Å². The summed E-state index contributed by atoms with van der Waals surface area (Å²) in [6.45, 7) is 1.88. The van der Waals surface area contributed by atoms with E-state index in [4.69, 9.17) is 4.74 Å². The van der Waals surface area contributed by atoms with E-state index < -0.39 is 0 Å². The topological polar surface area (TPSA) is 9.23 Å². The van der Waals surface area contributed by atoms with Crippen molar-refractivity contribution in [1.82, 2.24) is 0 Å². The van der Waals surface area contributed by atoms with Crippen molar-refractivity contribution in [2.24, 2.45) is 0 Å². The Morgan fingerprint density at radius 3 is 2.73 bits per heavy atom. The maximum Gasteiger partial charge on any atom is 0.123 e. The van der Waals surface area contributed by atoms with Crippen LogP contribution in [-0.4, -0.2) is 7.11 Å². The van der Waals surface area contributed by atoms with Crippen molar-refractivity contribution in [2.75, 3.05) is 7.11 Å². The Bertz CT molecular complexity index is 235. The van der Waals surface area contributed by atoms with E-state index in [0.29, 0.717) is 0 Å². The zero-order chi connectivity index (χ0) is 8.27. The van der Waals surface area contributed by atoms with E-state index in [2.05, 4.69) is 0 Å². The average molecular weight is 154 g/mol. The molecule has 0 spiro atoms. The zero-order valence-electron chi connectivity index (χ0n) is 6.67. The van der Waals surface area contributed by atoms with Crippen LogP contribution in [0.4, 0.5) is 4.39 Å². The summed E-state index contributed by atoms with van der Waals surface area (Å²) in [5.41, 5.74) is 0.868. The highest BCUT2D eigenvalue weighted by molar-refractivity contribution is 5.18. The standard InChI is InChI=1S/C9H11FO/c1-7(11-2)8-4-3-5-9(10)6-8/h3-7H,1-2H3/t7-/m1/s1. The summed E-state index contributed by atoms with van der Waals surface area (Å²) >= 11 is 0. The van der Waals surface area contributed by atoms with Gasteiger partial charge in [0.05, 0.1) is 6.10 Å². The van der Waals surface area contributed by atoms with Gasteiger partial charge in [0.15, 0.2) is 0 Å². The summed E-state index contributed by atoms with van der Waals surface area (Å²) in [7, 11) is 1.61. The molecule has 0 heterocycles. The molecule has 1 aromatic rings. The summed E-state index contributed by atoms with van der Waals surface area (Å²) in [5, 5.41) is 0. The zero-order valence-corrected chi connectivity index (χ0v) is 6.67. The van der Waals surface area contributed by atoms with E-state index in [0.717, 1.165) is 5.56 Å². The van der Waals surface area contributed by atoms with Crippen LogP contribution >= 0.6 is 0 Å². The minimum atomic E-state index is -0.216. The maximum atomic E-state index is 12.6. The number of hydrogen-bond acceptors (Lipinski definition) is 1. The van der Waals surface area contributed by atoms with E-state index in [1.54, 1.807) is 13.2 Å². The van der Waals surface area contributed by atoms with Crippen molar-refractivity contribution in [3.8, 4) is 0 Å². The molecule has 1 aromatic carbocycles. The highest BCUT2D eigenvalue weighted by Gasteiger charge is 2.02. The van der Waals surface area contributed by atoms with Crippen LogP contribution in [0.3, 0.4) is 0 Å². The summed E-state index contributed by atoms with van der Waals surface area (Å²) in [5.74, 6) is -0.216. The largest absolute Gasteiger partial charge is 0.377 e. The monoisotopic (exact) mass is 154 g/mol. The predicted molar refractivity (Wildman–Crippen MR) is 41.8 cm³/mol. The minimum Gasteiger partial charge on any atom is -0.377 e. The number of ether oxygens (including phenoxy) is 1. The maximum absolute atomic E-state index is 12.6. The van der Waals surface area contributed by atoms with Gasteiger partial charge in [0.1, 0.15) is 5.82 Å². The van der Waals surface area contributed by atoms with Gasteiger partial charge in [0, 0.05) is 7.11 Å².